The molecule has 0 spiro atoms. The predicted octanol–water partition coefficient (Wildman–Crippen LogP) is 2.74. The molecule has 0 saturated heterocycles. The van der Waals surface area contributed by atoms with Crippen molar-refractivity contribution in [2.45, 2.75) is 32.7 Å². The van der Waals surface area contributed by atoms with Crippen LogP contribution >= 0.6 is 0 Å². The molecule has 0 amide bonds. The van der Waals surface area contributed by atoms with Crippen LogP contribution in [0.25, 0.3) is 0 Å². The zero-order valence-corrected chi connectivity index (χ0v) is 12.0. The highest BCUT2D eigenvalue weighted by molar-refractivity contribution is 5.37. The van der Waals surface area contributed by atoms with Crippen LogP contribution in [-0.4, -0.2) is 27.8 Å². The van der Waals surface area contributed by atoms with Gasteiger partial charge in [0.05, 0.1) is 6.20 Å². The van der Waals surface area contributed by atoms with Gasteiger partial charge in [0.25, 0.3) is 0 Å². The molecule has 5 heteroatoms. The third-order valence-corrected chi connectivity index (χ3v) is 2.77. The van der Waals surface area contributed by atoms with Gasteiger partial charge in [-0.25, -0.2) is 0 Å². The molecule has 0 aliphatic heterocycles. The highest BCUT2D eigenvalue weighted by atomic mass is 15.3. The van der Waals surface area contributed by atoms with Crippen LogP contribution in [0.3, 0.4) is 0 Å². The van der Waals surface area contributed by atoms with E-state index < -0.39 is 0 Å². The molecule has 0 radical (unpaired) electrons. The number of hydrogen-bond acceptors (Lipinski definition) is 5. The van der Waals surface area contributed by atoms with Crippen LogP contribution < -0.4 is 10.6 Å². The molecule has 1 heterocycles. The van der Waals surface area contributed by atoms with E-state index in [1.165, 1.54) is 5.56 Å². The van der Waals surface area contributed by atoms with Crippen LogP contribution in [0.15, 0.2) is 36.5 Å². The first kappa shape index (κ1) is 14.2. The van der Waals surface area contributed by atoms with Crippen LogP contribution in [-0.2, 0) is 6.42 Å². The summed E-state index contributed by atoms with van der Waals surface area (Å²) in [5.74, 6) is 1.32. The first-order valence-corrected chi connectivity index (χ1v) is 6.98. The Labute approximate surface area is 119 Å². The van der Waals surface area contributed by atoms with Gasteiger partial charge in [0.15, 0.2) is 0 Å². The SMILES string of the molecule is CC(C)Nc1nncc(NCCCc2ccccc2)n1. The Morgan fingerprint density at radius 3 is 2.70 bits per heavy atom. The molecular weight excluding hydrogens is 250 g/mol. The summed E-state index contributed by atoms with van der Waals surface area (Å²) in [6.45, 7) is 4.96. The number of rotatable bonds is 7. The molecule has 2 rings (SSSR count). The van der Waals surface area contributed by atoms with Gasteiger partial charge >= 0.3 is 0 Å². The van der Waals surface area contributed by atoms with Crippen LogP contribution in [0, 0.1) is 0 Å². The third-order valence-electron chi connectivity index (χ3n) is 2.77. The average Bonchev–Trinajstić information content (AvgIpc) is 2.44. The molecule has 0 aliphatic carbocycles. The lowest BCUT2D eigenvalue weighted by Crippen LogP contribution is -2.14. The predicted molar refractivity (Wildman–Crippen MR) is 81.8 cm³/mol. The smallest absolute Gasteiger partial charge is 0.244 e. The Hall–Kier alpha value is -2.17. The molecule has 0 bridgehead atoms. The van der Waals surface area contributed by atoms with Crippen molar-refractivity contribution in [1.82, 2.24) is 15.2 Å². The van der Waals surface area contributed by atoms with Gasteiger partial charge < -0.3 is 10.6 Å². The van der Waals surface area contributed by atoms with Crippen molar-refractivity contribution in [2.75, 3.05) is 17.2 Å². The van der Waals surface area contributed by atoms with E-state index in [1.54, 1.807) is 6.20 Å². The normalized spacial score (nSPS) is 10.6. The molecule has 2 aromatic rings. The summed E-state index contributed by atoms with van der Waals surface area (Å²) in [4.78, 5) is 4.36. The van der Waals surface area contributed by atoms with E-state index in [4.69, 9.17) is 0 Å². The number of nitrogens with zero attached hydrogens (tertiary/aromatic N) is 3. The van der Waals surface area contributed by atoms with Gasteiger partial charge in [-0.1, -0.05) is 30.3 Å². The molecule has 0 atom stereocenters. The lowest BCUT2D eigenvalue weighted by molar-refractivity contribution is 0.836. The first-order valence-electron chi connectivity index (χ1n) is 6.98. The van der Waals surface area contributed by atoms with E-state index in [9.17, 15) is 0 Å². The molecule has 0 saturated carbocycles. The quantitative estimate of drug-likeness (QED) is 0.758. The van der Waals surface area contributed by atoms with Crippen LogP contribution in [0.1, 0.15) is 25.8 Å². The average molecular weight is 271 g/mol. The summed E-state index contributed by atoms with van der Waals surface area (Å²) in [6, 6.07) is 10.8. The lowest BCUT2D eigenvalue weighted by Gasteiger charge is -2.09. The minimum absolute atomic E-state index is 0.296. The summed E-state index contributed by atoms with van der Waals surface area (Å²) in [5, 5.41) is 14.3. The monoisotopic (exact) mass is 271 g/mol. The summed E-state index contributed by atoms with van der Waals surface area (Å²) < 4.78 is 0. The Kier molecular flexibility index (Phi) is 5.29. The summed E-state index contributed by atoms with van der Waals surface area (Å²) in [6.07, 6.45) is 3.76. The Morgan fingerprint density at radius 1 is 1.15 bits per heavy atom. The second-order valence-electron chi connectivity index (χ2n) is 4.98. The van der Waals surface area contributed by atoms with Gasteiger partial charge in [-0.15, -0.1) is 5.10 Å². The largest absolute Gasteiger partial charge is 0.369 e. The van der Waals surface area contributed by atoms with Crippen LogP contribution in [0.5, 0.6) is 0 Å². The number of anilines is 2. The Morgan fingerprint density at radius 2 is 1.95 bits per heavy atom. The molecule has 5 nitrogen and oxygen atoms in total. The Bertz CT molecular complexity index is 513. The van der Waals surface area contributed by atoms with Gasteiger partial charge in [-0.3, -0.25) is 0 Å². The molecule has 0 unspecified atom stereocenters. The molecule has 1 aromatic heterocycles. The summed E-state index contributed by atoms with van der Waals surface area (Å²) in [5.41, 5.74) is 1.36. The van der Waals surface area contributed by atoms with Gasteiger partial charge in [0.1, 0.15) is 5.82 Å². The number of aryl methyl sites for hydroxylation is 1. The maximum Gasteiger partial charge on any atom is 0.244 e. The van der Waals surface area contributed by atoms with Crippen molar-refractivity contribution in [1.29, 1.82) is 0 Å². The van der Waals surface area contributed by atoms with Crippen molar-refractivity contribution in [3.63, 3.8) is 0 Å². The van der Waals surface area contributed by atoms with Crippen molar-refractivity contribution in [3.8, 4) is 0 Å². The van der Waals surface area contributed by atoms with E-state index in [0.29, 0.717) is 12.0 Å². The van der Waals surface area contributed by atoms with E-state index >= 15 is 0 Å². The van der Waals surface area contributed by atoms with E-state index in [1.807, 2.05) is 19.9 Å². The molecule has 2 N–H and O–H groups in total. The Balaban J connectivity index is 1.76. The van der Waals surface area contributed by atoms with Crippen molar-refractivity contribution < 1.29 is 0 Å². The summed E-state index contributed by atoms with van der Waals surface area (Å²) in [7, 11) is 0. The minimum atomic E-state index is 0.296. The van der Waals surface area contributed by atoms with Crippen molar-refractivity contribution >= 4 is 11.8 Å². The molecule has 0 fully saturated rings. The van der Waals surface area contributed by atoms with E-state index in [-0.39, 0.29) is 0 Å². The van der Waals surface area contributed by atoms with Gasteiger partial charge in [-0.2, -0.15) is 10.1 Å². The molecule has 20 heavy (non-hydrogen) atoms. The second-order valence-corrected chi connectivity index (χ2v) is 4.98. The number of nitrogens with one attached hydrogen (secondary N) is 2. The maximum atomic E-state index is 4.36. The second kappa shape index (κ2) is 7.43. The minimum Gasteiger partial charge on any atom is -0.369 e. The summed E-state index contributed by atoms with van der Waals surface area (Å²) >= 11 is 0. The van der Waals surface area contributed by atoms with Crippen LogP contribution in [0.4, 0.5) is 11.8 Å². The first-order chi connectivity index (χ1) is 9.74. The molecular formula is C15H21N5. The third kappa shape index (κ3) is 4.84. The van der Waals surface area contributed by atoms with Gasteiger partial charge in [0.2, 0.25) is 5.95 Å². The van der Waals surface area contributed by atoms with Gasteiger partial charge in [0, 0.05) is 12.6 Å². The maximum absolute atomic E-state index is 4.36. The van der Waals surface area contributed by atoms with E-state index in [0.717, 1.165) is 25.2 Å². The number of aromatic nitrogens is 3. The number of hydrogen-bond donors (Lipinski definition) is 2. The zero-order chi connectivity index (χ0) is 14.2. The standard InChI is InChI=1S/C15H21N5/c1-12(2)18-15-19-14(11-17-20-15)16-10-6-9-13-7-4-3-5-8-13/h3-5,7-8,11-12H,6,9-10H2,1-2H3,(H2,16,18,19,20). The molecule has 0 aliphatic rings. The van der Waals surface area contributed by atoms with Crippen molar-refractivity contribution in [3.05, 3.63) is 42.1 Å². The van der Waals surface area contributed by atoms with Crippen molar-refractivity contribution in [2.24, 2.45) is 0 Å². The van der Waals surface area contributed by atoms with E-state index in [2.05, 4.69) is 50.1 Å². The van der Waals surface area contributed by atoms with Gasteiger partial charge in [-0.05, 0) is 32.3 Å². The van der Waals surface area contributed by atoms with Crippen LogP contribution in [0.2, 0.25) is 0 Å². The lowest BCUT2D eigenvalue weighted by atomic mass is 10.1. The topological polar surface area (TPSA) is 62.7 Å². The highest BCUT2D eigenvalue weighted by Gasteiger charge is 2.01. The fraction of sp³-hybridized carbons (Fsp3) is 0.400. The fourth-order valence-corrected chi connectivity index (χ4v) is 1.86. The molecule has 106 valence electrons. The molecule has 1 aromatic carbocycles. The fourth-order valence-electron chi connectivity index (χ4n) is 1.86. The highest BCUT2D eigenvalue weighted by Crippen LogP contribution is 2.06. The number of benzene rings is 1. The zero-order valence-electron chi connectivity index (χ0n) is 12.0.